The number of benzene rings is 2. The van der Waals surface area contributed by atoms with E-state index in [4.69, 9.17) is 23.2 Å². The van der Waals surface area contributed by atoms with Crippen LogP contribution in [0.5, 0.6) is 0 Å². The molecule has 1 unspecified atom stereocenters. The molecule has 28 heavy (non-hydrogen) atoms. The number of hydrogen-bond donors (Lipinski definition) is 0. The van der Waals surface area contributed by atoms with Crippen LogP contribution >= 0.6 is 23.2 Å². The second-order valence-electron chi connectivity index (χ2n) is 7.36. The van der Waals surface area contributed by atoms with Gasteiger partial charge in [0.2, 0.25) is 15.9 Å². The Balaban J connectivity index is 1.59. The molecule has 5 nitrogen and oxygen atoms in total. The number of rotatable bonds is 3. The van der Waals surface area contributed by atoms with Crippen molar-refractivity contribution < 1.29 is 13.2 Å². The van der Waals surface area contributed by atoms with Crippen LogP contribution in [0.25, 0.3) is 0 Å². The third kappa shape index (κ3) is 3.43. The molecule has 2 aliphatic rings. The van der Waals surface area contributed by atoms with Crippen LogP contribution in [-0.4, -0.2) is 38.3 Å². The smallest absolute Gasteiger partial charge is 0.243 e. The van der Waals surface area contributed by atoms with Crippen molar-refractivity contribution in [1.82, 2.24) is 4.31 Å². The summed E-state index contributed by atoms with van der Waals surface area (Å²) in [5.41, 5.74) is 0.126. The first kappa shape index (κ1) is 19.7. The van der Waals surface area contributed by atoms with Crippen LogP contribution < -0.4 is 4.90 Å². The van der Waals surface area contributed by atoms with Crippen molar-refractivity contribution in [3.63, 3.8) is 0 Å². The van der Waals surface area contributed by atoms with Gasteiger partial charge in [-0.25, -0.2) is 8.42 Å². The molecular formula is C20H20Cl2N2O3S. The lowest BCUT2D eigenvalue weighted by molar-refractivity contribution is -0.127. The van der Waals surface area contributed by atoms with E-state index in [2.05, 4.69) is 0 Å². The highest BCUT2D eigenvalue weighted by molar-refractivity contribution is 7.89. The third-order valence-electron chi connectivity index (χ3n) is 5.64. The van der Waals surface area contributed by atoms with Gasteiger partial charge in [-0.1, -0.05) is 23.2 Å². The normalized spacial score (nSPS) is 23.5. The summed E-state index contributed by atoms with van der Waals surface area (Å²) in [6.45, 7) is 1.21. The van der Waals surface area contributed by atoms with E-state index in [9.17, 15) is 13.2 Å². The number of nitrogens with zero attached hydrogens (tertiary/aromatic N) is 2. The summed E-state index contributed by atoms with van der Waals surface area (Å²) in [6.07, 6.45) is 2.00. The summed E-state index contributed by atoms with van der Waals surface area (Å²) in [4.78, 5) is 15.2. The van der Waals surface area contributed by atoms with Gasteiger partial charge in [0.05, 0.1) is 10.3 Å². The first-order valence-electron chi connectivity index (χ1n) is 9.15. The molecule has 2 heterocycles. The highest BCUT2D eigenvalue weighted by Crippen LogP contribution is 2.43. The highest BCUT2D eigenvalue weighted by atomic mass is 35.5. The van der Waals surface area contributed by atoms with Crippen LogP contribution in [0.1, 0.15) is 19.3 Å². The molecule has 0 aliphatic carbocycles. The molecule has 4 rings (SSSR count). The molecule has 2 saturated heterocycles. The van der Waals surface area contributed by atoms with E-state index in [1.165, 1.54) is 16.4 Å². The van der Waals surface area contributed by atoms with Crippen molar-refractivity contribution in [2.75, 3.05) is 24.5 Å². The number of amides is 1. The van der Waals surface area contributed by atoms with E-state index in [1.807, 2.05) is 12.1 Å². The van der Waals surface area contributed by atoms with Gasteiger partial charge in [-0.2, -0.15) is 4.31 Å². The molecule has 0 bridgehead atoms. The molecule has 0 aromatic heterocycles. The topological polar surface area (TPSA) is 57.7 Å². The average molecular weight is 439 g/mol. The standard InChI is InChI=1S/C20H20Cl2N2O3S/c21-15-2-6-17(7-3-15)24-13-11-20(19(24)25)10-1-12-23(14-20)28(26,27)18-8-4-16(22)5-9-18/h2-9H,1,10-14H2. The molecule has 148 valence electrons. The van der Waals surface area contributed by atoms with Crippen molar-refractivity contribution in [2.45, 2.75) is 24.2 Å². The Morgan fingerprint density at radius 1 is 0.857 bits per heavy atom. The van der Waals surface area contributed by atoms with Gasteiger partial charge in [-0.3, -0.25) is 4.79 Å². The Kier molecular flexibility index (Phi) is 5.16. The number of piperidine rings is 1. The van der Waals surface area contributed by atoms with Crippen LogP contribution in [-0.2, 0) is 14.8 Å². The highest BCUT2D eigenvalue weighted by Gasteiger charge is 2.51. The van der Waals surface area contributed by atoms with Gasteiger partial charge in [0.1, 0.15) is 0 Å². The molecule has 0 N–H and O–H groups in total. The maximum absolute atomic E-state index is 13.3. The van der Waals surface area contributed by atoms with Crippen LogP contribution in [0, 0.1) is 5.41 Å². The van der Waals surface area contributed by atoms with E-state index >= 15 is 0 Å². The van der Waals surface area contributed by atoms with Gasteiger partial charge < -0.3 is 4.90 Å². The Hall–Kier alpha value is -1.60. The number of sulfonamides is 1. The number of hydrogen-bond acceptors (Lipinski definition) is 3. The van der Waals surface area contributed by atoms with Crippen LogP contribution in [0.15, 0.2) is 53.4 Å². The summed E-state index contributed by atoms with van der Waals surface area (Å²) < 4.78 is 27.6. The second kappa shape index (κ2) is 7.34. The zero-order chi connectivity index (χ0) is 19.9. The summed E-state index contributed by atoms with van der Waals surface area (Å²) in [6, 6.07) is 13.3. The molecule has 2 aromatic rings. The third-order valence-corrected chi connectivity index (χ3v) is 8.01. The van der Waals surface area contributed by atoms with E-state index in [-0.39, 0.29) is 17.3 Å². The Bertz CT molecular complexity index is 993. The Morgan fingerprint density at radius 2 is 1.46 bits per heavy atom. The summed E-state index contributed by atoms with van der Waals surface area (Å²) in [5.74, 6) is -0.00849. The fourth-order valence-electron chi connectivity index (χ4n) is 4.12. The van der Waals surface area contributed by atoms with Gasteiger partial charge in [0.15, 0.2) is 0 Å². The van der Waals surface area contributed by atoms with Crippen molar-refractivity contribution in [1.29, 1.82) is 0 Å². The summed E-state index contributed by atoms with van der Waals surface area (Å²) in [7, 11) is -3.67. The molecule has 0 saturated carbocycles. The summed E-state index contributed by atoms with van der Waals surface area (Å²) >= 11 is 11.8. The maximum Gasteiger partial charge on any atom is 0.243 e. The molecule has 0 radical (unpaired) electrons. The molecule has 2 fully saturated rings. The number of halogens is 2. The fraction of sp³-hybridized carbons (Fsp3) is 0.350. The fourth-order valence-corrected chi connectivity index (χ4v) is 5.93. The van der Waals surface area contributed by atoms with E-state index in [0.29, 0.717) is 42.4 Å². The van der Waals surface area contributed by atoms with Crippen molar-refractivity contribution in [3.05, 3.63) is 58.6 Å². The molecule has 2 aliphatic heterocycles. The van der Waals surface area contributed by atoms with Crippen LogP contribution in [0.2, 0.25) is 10.0 Å². The van der Waals surface area contributed by atoms with E-state index < -0.39 is 15.4 Å². The quantitative estimate of drug-likeness (QED) is 0.721. The van der Waals surface area contributed by atoms with Gasteiger partial charge in [-0.05, 0) is 67.8 Å². The minimum atomic E-state index is -3.67. The zero-order valence-electron chi connectivity index (χ0n) is 15.1. The number of anilines is 1. The van der Waals surface area contributed by atoms with Crippen LogP contribution in [0.4, 0.5) is 5.69 Å². The van der Waals surface area contributed by atoms with Crippen molar-refractivity contribution in [2.24, 2.45) is 5.41 Å². The first-order valence-corrected chi connectivity index (χ1v) is 11.3. The molecule has 8 heteroatoms. The van der Waals surface area contributed by atoms with Gasteiger partial charge in [0, 0.05) is 35.4 Å². The number of carbonyl (C=O) groups is 1. The SMILES string of the molecule is O=C1N(c2ccc(Cl)cc2)CCC12CCCN(S(=O)(=O)c1ccc(Cl)cc1)C2. The molecule has 2 aromatic carbocycles. The Morgan fingerprint density at radius 3 is 2.11 bits per heavy atom. The molecule has 1 atom stereocenters. The zero-order valence-corrected chi connectivity index (χ0v) is 17.5. The minimum Gasteiger partial charge on any atom is -0.312 e. The van der Waals surface area contributed by atoms with Gasteiger partial charge in [-0.15, -0.1) is 0 Å². The van der Waals surface area contributed by atoms with E-state index in [0.717, 1.165) is 5.69 Å². The van der Waals surface area contributed by atoms with Gasteiger partial charge >= 0.3 is 0 Å². The molecule has 1 amide bonds. The lowest BCUT2D eigenvalue weighted by atomic mass is 9.79. The lowest BCUT2D eigenvalue weighted by Crippen LogP contribution is -2.49. The predicted molar refractivity (Wildman–Crippen MR) is 110 cm³/mol. The summed E-state index contributed by atoms with van der Waals surface area (Å²) in [5, 5.41) is 1.10. The maximum atomic E-state index is 13.3. The Labute approximate surface area is 174 Å². The largest absolute Gasteiger partial charge is 0.312 e. The first-order chi connectivity index (χ1) is 13.3. The van der Waals surface area contributed by atoms with Crippen molar-refractivity contribution in [3.8, 4) is 0 Å². The van der Waals surface area contributed by atoms with Crippen molar-refractivity contribution >= 4 is 44.8 Å². The van der Waals surface area contributed by atoms with Crippen LogP contribution in [0.3, 0.4) is 0 Å². The lowest BCUT2D eigenvalue weighted by Gasteiger charge is -2.38. The number of carbonyl (C=O) groups excluding carboxylic acids is 1. The average Bonchev–Trinajstić information content (AvgIpc) is 2.99. The van der Waals surface area contributed by atoms with Gasteiger partial charge in [0.25, 0.3) is 0 Å². The second-order valence-corrected chi connectivity index (χ2v) is 10.2. The monoisotopic (exact) mass is 438 g/mol. The van der Waals surface area contributed by atoms with E-state index in [1.54, 1.807) is 29.2 Å². The predicted octanol–water partition coefficient (Wildman–Crippen LogP) is 4.20. The minimum absolute atomic E-state index is 0.00849. The molecule has 1 spiro atoms. The molecular weight excluding hydrogens is 419 g/mol.